The van der Waals surface area contributed by atoms with Crippen LogP contribution in [-0.2, 0) is 11.3 Å². The van der Waals surface area contributed by atoms with Crippen LogP contribution in [0.3, 0.4) is 0 Å². The lowest BCUT2D eigenvalue weighted by atomic mass is 10.2. The smallest absolute Gasteiger partial charge is 0.407 e. The van der Waals surface area contributed by atoms with Crippen molar-refractivity contribution in [3.05, 3.63) is 23.8 Å². The molecule has 1 aromatic carbocycles. The van der Waals surface area contributed by atoms with Crippen LogP contribution in [0.5, 0.6) is 11.5 Å². The Hall–Kier alpha value is -2.64. The lowest BCUT2D eigenvalue weighted by Crippen LogP contribution is -2.42. The lowest BCUT2D eigenvalue weighted by molar-refractivity contribution is 0.0529. The fourth-order valence-electron chi connectivity index (χ4n) is 3.16. The van der Waals surface area contributed by atoms with Gasteiger partial charge in [0.25, 0.3) is 0 Å². The number of aliphatic imine (C=N–C) groups is 1. The van der Waals surface area contributed by atoms with E-state index in [0.29, 0.717) is 25.6 Å². The fraction of sp³-hybridized carbons (Fsp3) is 0.636. The first kappa shape index (κ1) is 23.6. The fourth-order valence-corrected chi connectivity index (χ4v) is 3.16. The SMILES string of the molecule is CN=C(NCCNC(=O)OC(C)(C)C)NCc1ccc(OC)cc1OC1CCCC1. The van der Waals surface area contributed by atoms with E-state index in [4.69, 9.17) is 14.2 Å². The number of alkyl carbamates (subject to hydrolysis) is 1. The van der Waals surface area contributed by atoms with Crippen LogP contribution in [0.4, 0.5) is 4.79 Å². The maximum atomic E-state index is 11.7. The van der Waals surface area contributed by atoms with Crippen molar-refractivity contribution in [3.8, 4) is 11.5 Å². The maximum absolute atomic E-state index is 11.7. The molecule has 0 aliphatic heterocycles. The van der Waals surface area contributed by atoms with Crippen molar-refractivity contribution < 1.29 is 19.0 Å². The summed E-state index contributed by atoms with van der Waals surface area (Å²) in [6, 6.07) is 5.88. The van der Waals surface area contributed by atoms with Crippen LogP contribution < -0.4 is 25.4 Å². The number of hydrogen-bond donors (Lipinski definition) is 3. The van der Waals surface area contributed by atoms with Gasteiger partial charge in [0.05, 0.1) is 13.2 Å². The number of guanidine groups is 1. The Morgan fingerprint density at radius 1 is 1.13 bits per heavy atom. The van der Waals surface area contributed by atoms with Crippen molar-refractivity contribution in [1.82, 2.24) is 16.0 Å². The monoisotopic (exact) mass is 420 g/mol. The molecule has 30 heavy (non-hydrogen) atoms. The number of methoxy groups -OCH3 is 1. The van der Waals surface area contributed by atoms with Crippen molar-refractivity contribution in [2.45, 2.75) is 64.7 Å². The molecule has 3 N–H and O–H groups in total. The van der Waals surface area contributed by atoms with Crippen LogP contribution in [0.25, 0.3) is 0 Å². The minimum Gasteiger partial charge on any atom is -0.497 e. The van der Waals surface area contributed by atoms with Gasteiger partial charge in [-0.05, 0) is 58.6 Å². The maximum Gasteiger partial charge on any atom is 0.407 e. The van der Waals surface area contributed by atoms with Crippen molar-refractivity contribution in [2.24, 2.45) is 4.99 Å². The second-order valence-corrected chi connectivity index (χ2v) is 8.28. The Bertz CT molecular complexity index is 710. The van der Waals surface area contributed by atoms with Gasteiger partial charge in [-0.1, -0.05) is 0 Å². The molecule has 1 aliphatic carbocycles. The van der Waals surface area contributed by atoms with Crippen LogP contribution in [0.1, 0.15) is 52.0 Å². The molecular weight excluding hydrogens is 384 g/mol. The van der Waals surface area contributed by atoms with Gasteiger partial charge in [0, 0.05) is 38.3 Å². The second-order valence-electron chi connectivity index (χ2n) is 8.28. The average Bonchev–Trinajstić information content (AvgIpc) is 3.20. The molecule has 8 nitrogen and oxygen atoms in total. The van der Waals surface area contributed by atoms with E-state index >= 15 is 0 Å². The van der Waals surface area contributed by atoms with Gasteiger partial charge in [-0.2, -0.15) is 0 Å². The predicted octanol–water partition coefficient (Wildman–Crippen LogP) is 3.21. The Morgan fingerprint density at radius 3 is 2.47 bits per heavy atom. The number of carbonyl (C=O) groups excluding carboxylic acids is 1. The molecule has 0 aromatic heterocycles. The standard InChI is InChI=1S/C22H36N4O4/c1-22(2,3)30-21(27)25-13-12-24-20(23-4)26-15-16-10-11-18(28-5)14-19(16)29-17-8-6-7-9-17/h10-11,14,17H,6-9,12-13,15H2,1-5H3,(H,25,27)(H2,23,24,26). The van der Waals surface area contributed by atoms with Gasteiger partial charge in [0.2, 0.25) is 0 Å². The molecule has 168 valence electrons. The van der Waals surface area contributed by atoms with E-state index in [0.717, 1.165) is 29.9 Å². The zero-order valence-electron chi connectivity index (χ0n) is 18.8. The van der Waals surface area contributed by atoms with Crippen LogP contribution in [-0.4, -0.2) is 51.0 Å². The third-order valence-electron chi connectivity index (χ3n) is 4.63. The Morgan fingerprint density at radius 2 is 1.83 bits per heavy atom. The van der Waals surface area contributed by atoms with E-state index in [2.05, 4.69) is 20.9 Å². The van der Waals surface area contributed by atoms with Gasteiger partial charge in [-0.3, -0.25) is 4.99 Å². The molecule has 0 saturated heterocycles. The second kappa shape index (κ2) is 11.5. The van der Waals surface area contributed by atoms with Crippen molar-refractivity contribution >= 4 is 12.1 Å². The third kappa shape index (κ3) is 8.39. The molecule has 0 atom stereocenters. The summed E-state index contributed by atoms with van der Waals surface area (Å²) < 4.78 is 16.8. The molecule has 1 aliphatic rings. The number of nitrogens with zero attached hydrogens (tertiary/aromatic N) is 1. The van der Waals surface area contributed by atoms with Crippen molar-refractivity contribution in [2.75, 3.05) is 27.2 Å². The first-order valence-corrected chi connectivity index (χ1v) is 10.6. The van der Waals surface area contributed by atoms with E-state index in [1.807, 2.05) is 39.0 Å². The number of ether oxygens (including phenoxy) is 3. The Balaban J connectivity index is 1.83. The molecule has 0 unspecified atom stereocenters. The quantitative estimate of drug-likeness (QED) is 0.340. The minimum atomic E-state index is -0.508. The van der Waals surface area contributed by atoms with Crippen LogP contribution in [0, 0.1) is 0 Å². The highest BCUT2D eigenvalue weighted by atomic mass is 16.6. The normalized spacial score (nSPS) is 14.9. The molecular formula is C22H36N4O4. The summed E-state index contributed by atoms with van der Waals surface area (Å²) in [5, 5.41) is 9.18. The molecule has 0 spiro atoms. The summed E-state index contributed by atoms with van der Waals surface area (Å²) in [5.41, 5.74) is 0.531. The lowest BCUT2D eigenvalue weighted by Gasteiger charge is -2.20. The first-order valence-electron chi connectivity index (χ1n) is 10.6. The zero-order valence-corrected chi connectivity index (χ0v) is 18.8. The topological polar surface area (TPSA) is 93.2 Å². The summed E-state index contributed by atoms with van der Waals surface area (Å²) in [5.74, 6) is 2.27. The zero-order chi connectivity index (χ0) is 22.0. The molecule has 1 fully saturated rings. The first-order chi connectivity index (χ1) is 14.3. The molecule has 0 radical (unpaired) electrons. The predicted molar refractivity (Wildman–Crippen MR) is 118 cm³/mol. The van der Waals surface area contributed by atoms with Crippen LogP contribution in [0.15, 0.2) is 23.2 Å². The number of nitrogens with one attached hydrogen (secondary N) is 3. The third-order valence-corrected chi connectivity index (χ3v) is 4.63. The molecule has 1 amide bonds. The highest BCUT2D eigenvalue weighted by molar-refractivity contribution is 5.79. The van der Waals surface area contributed by atoms with Crippen molar-refractivity contribution in [1.29, 1.82) is 0 Å². The molecule has 0 bridgehead atoms. The molecule has 1 saturated carbocycles. The highest BCUT2D eigenvalue weighted by Crippen LogP contribution is 2.29. The number of carbonyl (C=O) groups is 1. The van der Waals surface area contributed by atoms with E-state index < -0.39 is 11.7 Å². The number of amides is 1. The summed E-state index contributed by atoms with van der Waals surface area (Å²) in [6.45, 7) is 7.01. The Labute approximate surface area is 179 Å². The largest absolute Gasteiger partial charge is 0.497 e. The molecule has 2 rings (SSSR count). The van der Waals surface area contributed by atoms with Gasteiger partial charge in [0.15, 0.2) is 5.96 Å². The molecule has 8 heteroatoms. The number of rotatable bonds is 8. The highest BCUT2D eigenvalue weighted by Gasteiger charge is 2.19. The minimum absolute atomic E-state index is 0.271. The molecule has 1 aromatic rings. The van der Waals surface area contributed by atoms with Gasteiger partial charge >= 0.3 is 6.09 Å². The summed E-state index contributed by atoms with van der Waals surface area (Å²) in [4.78, 5) is 15.9. The van der Waals surface area contributed by atoms with Gasteiger partial charge in [-0.25, -0.2) is 4.79 Å². The molecule has 0 heterocycles. The van der Waals surface area contributed by atoms with Gasteiger partial charge < -0.3 is 30.2 Å². The number of hydrogen-bond acceptors (Lipinski definition) is 5. The van der Waals surface area contributed by atoms with E-state index in [1.165, 1.54) is 12.8 Å². The summed E-state index contributed by atoms with van der Waals surface area (Å²) in [7, 11) is 3.37. The van der Waals surface area contributed by atoms with Gasteiger partial charge in [0.1, 0.15) is 17.1 Å². The van der Waals surface area contributed by atoms with Gasteiger partial charge in [-0.15, -0.1) is 0 Å². The van der Waals surface area contributed by atoms with Crippen LogP contribution in [0.2, 0.25) is 0 Å². The van der Waals surface area contributed by atoms with Crippen LogP contribution >= 0.6 is 0 Å². The number of benzene rings is 1. The summed E-state index contributed by atoms with van der Waals surface area (Å²) >= 11 is 0. The van der Waals surface area contributed by atoms with E-state index in [-0.39, 0.29) is 6.10 Å². The van der Waals surface area contributed by atoms with Crippen molar-refractivity contribution in [3.63, 3.8) is 0 Å². The average molecular weight is 421 g/mol. The Kier molecular flexibility index (Phi) is 9.08. The summed E-state index contributed by atoms with van der Waals surface area (Å²) in [6.07, 6.45) is 4.47. The van der Waals surface area contributed by atoms with E-state index in [9.17, 15) is 4.79 Å². The van der Waals surface area contributed by atoms with E-state index in [1.54, 1.807) is 14.2 Å².